The van der Waals surface area contributed by atoms with Gasteiger partial charge in [-0.25, -0.2) is 0 Å². The lowest BCUT2D eigenvalue weighted by molar-refractivity contribution is 0.625. The Hall–Kier alpha value is -1.29. The summed E-state index contributed by atoms with van der Waals surface area (Å²) in [5.41, 5.74) is 0.812. The van der Waals surface area contributed by atoms with Crippen molar-refractivity contribution in [3.63, 3.8) is 0 Å². The number of hydrogen-bond donors (Lipinski definition) is 0. The third-order valence-corrected chi connectivity index (χ3v) is 1.84. The minimum Gasteiger partial charge on any atom is -0.352 e. The van der Waals surface area contributed by atoms with E-state index in [9.17, 15) is 0 Å². The quantitative estimate of drug-likeness (QED) is 0.506. The third-order valence-electron chi connectivity index (χ3n) is 1.39. The highest BCUT2D eigenvalue weighted by atomic mass is 32.1. The molecular weight excluding hydrogens is 182 g/mol. The molecule has 1 aromatic rings. The second-order valence-corrected chi connectivity index (χ2v) is 3.08. The third kappa shape index (κ3) is 3.29. The second-order valence-electron chi connectivity index (χ2n) is 2.71. The van der Waals surface area contributed by atoms with Crippen LogP contribution in [0.3, 0.4) is 0 Å². The molecule has 0 heterocycles. The van der Waals surface area contributed by atoms with Gasteiger partial charge in [0.05, 0.1) is 5.69 Å². The lowest BCUT2D eigenvalue weighted by Crippen LogP contribution is -2.16. The normalized spacial score (nSPS) is 10.3. The molecule has 0 aromatic heterocycles. The van der Waals surface area contributed by atoms with Crippen LogP contribution in [0, 0.1) is 0 Å². The fourth-order valence-corrected chi connectivity index (χ4v) is 0.725. The van der Waals surface area contributed by atoms with Gasteiger partial charge in [-0.1, -0.05) is 18.2 Å². The summed E-state index contributed by atoms with van der Waals surface area (Å²) in [6, 6.07) is 9.51. The number of azo groups is 1. The smallest absolute Gasteiger partial charge is 0.215 e. The first-order valence-corrected chi connectivity index (χ1v) is 4.29. The minimum absolute atomic E-state index is 0.476. The number of rotatable bonds is 1. The molecule has 0 spiro atoms. The van der Waals surface area contributed by atoms with Gasteiger partial charge >= 0.3 is 0 Å². The Balaban J connectivity index is 2.64. The highest BCUT2D eigenvalue weighted by molar-refractivity contribution is 7.80. The van der Waals surface area contributed by atoms with Gasteiger partial charge in [0.1, 0.15) is 0 Å². The van der Waals surface area contributed by atoms with Crippen molar-refractivity contribution in [3.05, 3.63) is 30.3 Å². The fraction of sp³-hybridized carbons (Fsp3) is 0.222. The van der Waals surface area contributed by atoms with Crippen molar-refractivity contribution in [2.24, 2.45) is 10.2 Å². The van der Waals surface area contributed by atoms with Crippen LogP contribution in [0.15, 0.2) is 40.6 Å². The van der Waals surface area contributed by atoms with Crippen LogP contribution in [-0.4, -0.2) is 24.1 Å². The van der Waals surface area contributed by atoms with Crippen LogP contribution in [0.4, 0.5) is 5.69 Å². The zero-order valence-electron chi connectivity index (χ0n) is 7.64. The second kappa shape index (κ2) is 4.67. The molecule has 0 aliphatic heterocycles. The maximum absolute atomic E-state index is 4.94. The Bertz CT molecular complexity index is 306. The molecule has 0 atom stereocenters. The molecule has 0 bridgehead atoms. The monoisotopic (exact) mass is 193 g/mol. The van der Waals surface area contributed by atoms with Crippen molar-refractivity contribution < 1.29 is 0 Å². The Morgan fingerprint density at radius 1 is 1.23 bits per heavy atom. The molecule has 0 saturated carbocycles. The van der Waals surface area contributed by atoms with Gasteiger partial charge in [0.2, 0.25) is 5.11 Å². The molecule has 13 heavy (non-hydrogen) atoms. The van der Waals surface area contributed by atoms with Gasteiger partial charge in [0.25, 0.3) is 0 Å². The molecule has 0 unspecified atom stereocenters. The van der Waals surface area contributed by atoms with Crippen molar-refractivity contribution in [3.8, 4) is 0 Å². The van der Waals surface area contributed by atoms with E-state index in [1.54, 1.807) is 4.90 Å². The van der Waals surface area contributed by atoms with Crippen LogP contribution in [0.1, 0.15) is 0 Å². The van der Waals surface area contributed by atoms with Gasteiger partial charge in [0, 0.05) is 14.1 Å². The molecule has 0 fully saturated rings. The summed E-state index contributed by atoms with van der Waals surface area (Å²) in [5.74, 6) is 0. The van der Waals surface area contributed by atoms with Crippen LogP contribution < -0.4 is 0 Å². The zero-order valence-corrected chi connectivity index (χ0v) is 8.45. The molecule has 3 nitrogen and oxygen atoms in total. The van der Waals surface area contributed by atoms with Gasteiger partial charge in [-0.2, -0.15) is 0 Å². The molecule has 0 amide bonds. The number of hydrogen-bond acceptors (Lipinski definition) is 2. The van der Waals surface area contributed by atoms with Gasteiger partial charge in [-0.15, -0.1) is 10.2 Å². The van der Waals surface area contributed by atoms with E-state index < -0.39 is 0 Å². The predicted octanol–water partition coefficient (Wildman–Crippen LogP) is 2.62. The first kappa shape index (κ1) is 9.80. The summed E-state index contributed by atoms with van der Waals surface area (Å²) in [6.45, 7) is 0. The summed E-state index contributed by atoms with van der Waals surface area (Å²) >= 11 is 4.94. The minimum atomic E-state index is 0.476. The van der Waals surface area contributed by atoms with Crippen molar-refractivity contribution in [2.45, 2.75) is 0 Å². The molecule has 0 aliphatic rings. The van der Waals surface area contributed by atoms with E-state index in [4.69, 9.17) is 12.2 Å². The molecule has 68 valence electrons. The van der Waals surface area contributed by atoms with Gasteiger partial charge in [-0.05, 0) is 24.4 Å². The Morgan fingerprint density at radius 3 is 2.38 bits per heavy atom. The topological polar surface area (TPSA) is 28.0 Å². The van der Waals surface area contributed by atoms with Crippen LogP contribution in [0.25, 0.3) is 0 Å². The van der Waals surface area contributed by atoms with Gasteiger partial charge < -0.3 is 4.90 Å². The summed E-state index contributed by atoms with van der Waals surface area (Å²) in [7, 11) is 3.68. The van der Waals surface area contributed by atoms with Crippen molar-refractivity contribution in [1.29, 1.82) is 0 Å². The van der Waals surface area contributed by atoms with E-state index in [2.05, 4.69) is 10.2 Å². The van der Waals surface area contributed by atoms with Crippen LogP contribution >= 0.6 is 12.2 Å². The Kier molecular flexibility index (Phi) is 3.52. The molecule has 1 aromatic carbocycles. The molecule has 0 N–H and O–H groups in total. The van der Waals surface area contributed by atoms with Crippen LogP contribution in [0.2, 0.25) is 0 Å². The van der Waals surface area contributed by atoms with Crippen molar-refractivity contribution in [2.75, 3.05) is 14.1 Å². The van der Waals surface area contributed by atoms with Crippen molar-refractivity contribution in [1.82, 2.24) is 4.90 Å². The molecule has 1 rings (SSSR count). The average Bonchev–Trinajstić information content (AvgIpc) is 2.15. The van der Waals surface area contributed by atoms with Gasteiger partial charge in [-0.3, -0.25) is 0 Å². The van der Waals surface area contributed by atoms with Crippen LogP contribution in [-0.2, 0) is 0 Å². The highest BCUT2D eigenvalue weighted by Gasteiger charge is 1.93. The van der Waals surface area contributed by atoms with E-state index in [0.29, 0.717) is 5.11 Å². The Morgan fingerprint density at radius 2 is 1.85 bits per heavy atom. The van der Waals surface area contributed by atoms with Crippen LogP contribution in [0.5, 0.6) is 0 Å². The van der Waals surface area contributed by atoms with E-state index >= 15 is 0 Å². The first-order chi connectivity index (χ1) is 6.20. The maximum atomic E-state index is 4.94. The summed E-state index contributed by atoms with van der Waals surface area (Å²) in [4.78, 5) is 1.74. The van der Waals surface area contributed by atoms with Crippen molar-refractivity contribution >= 4 is 23.0 Å². The highest BCUT2D eigenvalue weighted by Crippen LogP contribution is 2.10. The maximum Gasteiger partial charge on any atom is 0.215 e. The summed E-state index contributed by atoms with van der Waals surface area (Å²) in [5, 5.41) is 8.32. The van der Waals surface area contributed by atoms with E-state index in [0.717, 1.165) is 5.69 Å². The SMILES string of the molecule is CN(C)C(=S)N=Nc1ccccc1. The summed E-state index contributed by atoms with van der Waals surface area (Å²) < 4.78 is 0. The average molecular weight is 193 g/mol. The molecule has 0 radical (unpaired) electrons. The predicted molar refractivity (Wildman–Crippen MR) is 57.2 cm³/mol. The Labute approximate surface area is 83.1 Å². The standard InChI is InChI=1S/C9H11N3S/c1-12(2)9(13)11-10-8-6-4-3-5-7-8/h3-7H,1-2H3. The largest absolute Gasteiger partial charge is 0.352 e. The number of benzene rings is 1. The molecule has 0 aliphatic carbocycles. The fourth-order valence-electron chi connectivity index (χ4n) is 0.685. The molecular formula is C9H11N3S. The first-order valence-electron chi connectivity index (χ1n) is 3.88. The summed E-state index contributed by atoms with van der Waals surface area (Å²) in [6.07, 6.45) is 0. The molecule has 4 heteroatoms. The number of thiocarbonyl (C=S) groups is 1. The zero-order chi connectivity index (χ0) is 9.68. The van der Waals surface area contributed by atoms with Gasteiger partial charge in [0.15, 0.2) is 0 Å². The lowest BCUT2D eigenvalue weighted by atomic mass is 10.3. The van der Waals surface area contributed by atoms with E-state index in [1.807, 2.05) is 44.4 Å². The van der Waals surface area contributed by atoms with E-state index in [-0.39, 0.29) is 0 Å². The lowest BCUT2D eigenvalue weighted by Gasteiger charge is -2.06. The molecule has 0 saturated heterocycles. The van der Waals surface area contributed by atoms with E-state index in [1.165, 1.54) is 0 Å². The number of nitrogens with zero attached hydrogens (tertiary/aromatic N) is 3.